The van der Waals surface area contributed by atoms with Gasteiger partial charge in [0.05, 0.1) is 28.1 Å². The number of benzene rings is 2. The average molecular weight is 473 g/mol. The van der Waals surface area contributed by atoms with E-state index in [4.69, 9.17) is 27.9 Å². The van der Waals surface area contributed by atoms with Gasteiger partial charge in [-0.2, -0.15) is 0 Å². The maximum absolute atomic E-state index is 12.9. The summed E-state index contributed by atoms with van der Waals surface area (Å²) in [5.74, 6) is -1.00. The molecule has 164 valence electrons. The van der Waals surface area contributed by atoms with Crippen molar-refractivity contribution in [1.82, 2.24) is 9.80 Å². The first-order valence-electron chi connectivity index (χ1n) is 10.2. The van der Waals surface area contributed by atoms with Crippen molar-refractivity contribution in [2.75, 3.05) is 19.6 Å². The number of ether oxygens (including phenoxy) is 1. The Hall–Kier alpha value is -2.90. The van der Waals surface area contributed by atoms with Gasteiger partial charge < -0.3 is 9.64 Å². The smallest absolute Gasteiger partial charge is 0.262 e. The molecule has 0 N–H and O–H groups in total. The number of ketones is 1. The molecule has 1 fully saturated rings. The summed E-state index contributed by atoms with van der Waals surface area (Å²) in [6.07, 6.45) is 1.05. The quantitative estimate of drug-likeness (QED) is 0.623. The molecule has 2 aromatic carbocycles. The molecule has 0 atom stereocenters. The van der Waals surface area contributed by atoms with Crippen LogP contribution in [0, 0.1) is 0 Å². The predicted octanol–water partition coefficient (Wildman–Crippen LogP) is 3.62. The van der Waals surface area contributed by atoms with Crippen molar-refractivity contribution >= 4 is 46.7 Å². The molecule has 9 heteroatoms. The molecule has 0 aromatic heterocycles. The van der Waals surface area contributed by atoms with Crippen molar-refractivity contribution in [1.29, 1.82) is 0 Å². The third kappa shape index (κ3) is 3.36. The zero-order valence-electron chi connectivity index (χ0n) is 16.9. The van der Waals surface area contributed by atoms with Crippen molar-refractivity contribution in [3.05, 3.63) is 63.1 Å². The van der Waals surface area contributed by atoms with E-state index >= 15 is 0 Å². The van der Waals surface area contributed by atoms with Gasteiger partial charge in [0.1, 0.15) is 17.9 Å². The molecule has 0 unspecified atom stereocenters. The van der Waals surface area contributed by atoms with Crippen molar-refractivity contribution < 1.29 is 23.9 Å². The van der Waals surface area contributed by atoms with Gasteiger partial charge in [-0.25, -0.2) is 0 Å². The van der Waals surface area contributed by atoms with Crippen LogP contribution < -0.4 is 4.74 Å². The number of imide groups is 1. The van der Waals surface area contributed by atoms with E-state index in [0.29, 0.717) is 53.4 Å². The molecule has 32 heavy (non-hydrogen) atoms. The summed E-state index contributed by atoms with van der Waals surface area (Å²) in [4.78, 5) is 53.2. The molecule has 1 saturated heterocycles. The van der Waals surface area contributed by atoms with E-state index in [1.807, 2.05) is 0 Å². The Kier molecular flexibility index (Phi) is 4.98. The van der Waals surface area contributed by atoms with Gasteiger partial charge in [0, 0.05) is 31.0 Å². The molecule has 0 radical (unpaired) electrons. The number of hydrogen-bond donors (Lipinski definition) is 0. The van der Waals surface area contributed by atoms with Gasteiger partial charge >= 0.3 is 0 Å². The van der Waals surface area contributed by atoms with Crippen LogP contribution in [0.5, 0.6) is 5.75 Å². The van der Waals surface area contributed by atoms with Gasteiger partial charge in [0.2, 0.25) is 5.91 Å². The zero-order chi connectivity index (χ0) is 22.6. The highest BCUT2D eigenvalue weighted by Crippen LogP contribution is 2.44. The molecular formula is C23H18Cl2N2O5. The molecular weight excluding hydrogens is 455 g/mol. The lowest BCUT2D eigenvalue weighted by Crippen LogP contribution is -2.54. The van der Waals surface area contributed by atoms with E-state index in [-0.39, 0.29) is 29.7 Å². The fourth-order valence-electron chi connectivity index (χ4n) is 4.57. The highest BCUT2D eigenvalue weighted by atomic mass is 35.5. The van der Waals surface area contributed by atoms with E-state index in [0.717, 1.165) is 4.90 Å². The number of fused-ring (bicyclic) bond motifs is 2. The normalized spacial score (nSPS) is 19.1. The Morgan fingerprint density at radius 1 is 0.969 bits per heavy atom. The van der Waals surface area contributed by atoms with Gasteiger partial charge in [0.15, 0.2) is 5.78 Å². The van der Waals surface area contributed by atoms with Crippen molar-refractivity contribution in [2.45, 2.75) is 24.9 Å². The highest BCUT2D eigenvalue weighted by molar-refractivity contribution is 6.36. The maximum Gasteiger partial charge on any atom is 0.262 e. The molecule has 2 aromatic rings. The second kappa shape index (κ2) is 7.60. The Labute approximate surface area is 193 Å². The van der Waals surface area contributed by atoms with Crippen LogP contribution >= 0.6 is 23.2 Å². The highest BCUT2D eigenvalue weighted by Gasteiger charge is 2.45. The fourth-order valence-corrected chi connectivity index (χ4v) is 5.10. The summed E-state index contributed by atoms with van der Waals surface area (Å²) in [6, 6.07) is 9.62. The van der Waals surface area contributed by atoms with Crippen LogP contribution in [0.25, 0.3) is 0 Å². The molecule has 3 aliphatic rings. The lowest BCUT2D eigenvalue weighted by molar-refractivity contribution is -0.135. The number of Topliss-reactive ketones (excluding diaryl/α,β-unsaturated/α-hetero) is 1. The maximum atomic E-state index is 12.9. The number of piperidine rings is 1. The average Bonchev–Trinajstić information content (AvgIpc) is 3.00. The van der Waals surface area contributed by atoms with Gasteiger partial charge in [0.25, 0.3) is 11.8 Å². The minimum Gasteiger partial charge on any atom is -0.484 e. The second-order valence-corrected chi connectivity index (χ2v) is 9.12. The first-order chi connectivity index (χ1) is 15.3. The molecule has 3 heterocycles. The molecule has 0 aliphatic carbocycles. The van der Waals surface area contributed by atoms with Crippen LogP contribution in [0.4, 0.5) is 0 Å². The molecule has 3 amide bonds. The van der Waals surface area contributed by atoms with E-state index < -0.39 is 17.4 Å². The molecule has 3 aliphatic heterocycles. The third-order valence-electron chi connectivity index (χ3n) is 6.31. The summed E-state index contributed by atoms with van der Waals surface area (Å²) >= 11 is 12.3. The molecule has 1 spiro atoms. The molecule has 0 bridgehead atoms. The third-order valence-corrected chi connectivity index (χ3v) is 6.81. The largest absolute Gasteiger partial charge is 0.484 e. The molecule has 5 rings (SSSR count). The summed E-state index contributed by atoms with van der Waals surface area (Å²) < 4.78 is 6.19. The van der Waals surface area contributed by atoms with Crippen LogP contribution in [-0.4, -0.2) is 58.5 Å². The van der Waals surface area contributed by atoms with E-state index in [1.165, 1.54) is 6.07 Å². The SMILES string of the molecule is O=C1CC2(CCN(C(=O)CN3C(=O)c4ccccc4C3=O)CC2)Oc2c(Cl)cc(Cl)cc21. The summed E-state index contributed by atoms with van der Waals surface area (Å²) in [5.41, 5.74) is 0.256. The van der Waals surface area contributed by atoms with Gasteiger partial charge in [-0.05, 0) is 24.3 Å². The van der Waals surface area contributed by atoms with Gasteiger partial charge in [-0.3, -0.25) is 24.1 Å². The minimum atomic E-state index is -0.742. The number of amides is 3. The number of likely N-dealkylation sites (tertiary alicyclic amines) is 1. The van der Waals surface area contributed by atoms with Gasteiger partial charge in [-0.1, -0.05) is 35.3 Å². The molecule has 0 saturated carbocycles. The summed E-state index contributed by atoms with van der Waals surface area (Å²) in [5, 5.41) is 0.652. The first-order valence-corrected chi connectivity index (χ1v) is 11.0. The Balaban J connectivity index is 1.26. The first kappa shape index (κ1) is 21.0. The van der Waals surface area contributed by atoms with Gasteiger partial charge in [-0.15, -0.1) is 0 Å². The fraction of sp³-hybridized carbons (Fsp3) is 0.304. The second-order valence-electron chi connectivity index (χ2n) is 8.27. The standard InChI is InChI=1S/C23H18Cl2N2O5/c24-13-9-16-18(28)11-23(32-20(16)17(25)10-13)5-7-26(8-6-23)19(29)12-27-21(30)14-3-1-2-4-15(14)22(27)31/h1-4,9-10H,5-8,11-12H2. The van der Waals surface area contributed by atoms with Crippen LogP contribution in [0.15, 0.2) is 36.4 Å². The predicted molar refractivity (Wildman–Crippen MR) is 116 cm³/mol. The monoisotopic (exact) mass is 472 g/mol. The Morgan fingerprint density at radius 3 is 2.22 bits per heavy atom. The van der Waals surface area contributed by atoms with Crippen molar-refractivity contribution in [2.24, 2.45) is 0 Å². The van der Waals surface area contributed by atoms with E-state index in [9.17, 15) is 19.2 Å². The van der Waals surface area contributed by atoms with Crippen molar-refractivity contribution in [3.63, 3.8) is 0 Å². The summed E-state index contributed by atoms with van der Waals surface area (Å²) in [7, 11) is 0. The van der Waals surface area contributed by atoms with Crippen LogP contribution in [0.3, 0.4) is 0 Å². The van der Waals surface area contributed by atoms with Crippen molar-refractivity contribution in [3.8, 4) is 5.75 Å². The Bertz CT molecular complexity index is 1150. The molecule has 7 nitrogen and oxygen atoms in total. The lowest BCUT2D eigenvalue weighted by atomic mass is 9.82. The van der Waals surface area contributed by atoms with Crippen LogP contribution in [0.1, 0.15) is 50.3 Å². The summed E-state index contributed by atoms with van der Waals surface area (Å²) in [6.45, 7) is 0.373. The zero-order valence-corrected chi connectivity index (χ0v) is 18.4. The number of halogens is 2. The number of rotatable bonds is 2. The topological polar surface area (TPSA) is 84.0 Å². The number of carbonyl (C=O) groups is 4. The van der Waals surface area contributed by atoms with E-state index in [1.54, 1.807) is 35.2 Å². The lowest BCUT2D eigenvalue weighted by Gasteiger charge is -2.44. The number of carbonyl (C=O) groups excluding carboxylic acids is 4. The number of hydrogen-bond acceptors (Lipinski definition) is 5. The number of nitrogens with zero attached hydrogens (tertiary/aromatic N) is 2. The Morgan fingerprint density at radius 2 is 1.59 bits per heavy atom. The minimum absolute atomic E-state index is 0.0959. The van der Waals surface area contributed by atoms with E-state index in [2.05, 4.69) is 0 Å². The van der Waals surface area contributed by atoms with Crippen LogP contribution in [-0.2, 0) is 4.79 Å². The van der Waals surface area contributed by atoms with Crippen LogP contribution in [0.2, 0.25) is 10.0 Å².